The lowest BCUT2D eigenvalue weighted by Gasteiger charge is -2.06. The Morgan fingerprint density at radius 3 is 2.73 bits per heavy atom. The van der Waals surface area contributed by atoms with Crippen LogP contribution in [0.15, 0.2) is 18.2 Å². The first-order chi connectivity index (χ1) is 6.99. The van der Waals surface area contributed by atoms with E-state index in [1.807, 2.05) is 5.32 Å². The molecule has 0 aliphatic heterocycles. The SMILES string of the molecule is N=C(N)NC(=O)Nc1ccc(Cl)cc1F. The summed E-state index contributed by atoms with van der Waals surface area (Å²) in [5.74, 6) is -1.19. The van der Waals surface area contributed by atoms with Gasteiger partial charge in [-0.05, 0) is 18.2 Å². The van der Waals surface area contributed by atoms with Crippen LogP contribution in [0.3, 0.4) is 0 Å². The van der Waals surface area contributed by atoms with Crippen LogP contribution >= 0.6 is 11.6 Å². The van der Waals surface area contributed by atoms with E-state index in [1.165, 1.54) is 12.1 Å². The highest BCUT2D eigenvalue weighted by atomic mass is 35.5. The molecule has 0 heterocycles. The smallest absolute Gasteiger partial charge is 0.326 e. The summed E-state index contributed by atoms with van der Waals surface area (Å²) in [6, 6.07) is 3.00. The van der Waals surface area contributed by atoms with E-state index in [1.54, 1.807) is 0 Å². The molecule has 0 spiro atoms. The molecule has 1 aromatic rings. The number of hydrogen-bond acceptors (Lipinski definition) is 2. The zero-order valence-electron chi connectivity index (χ0n) is 7.47. The number of rotatable bonds is 1. The molecule has 0 radical (unpaired) electrons. The Kier molecular flexibility index (Phi) is 3.46. The molecule has 0 aromatic heterocycles. The van der Waals surface area contributed by atoms with E-state index in [4.69, 9.17) is 22.7 Å². The lowest BCUT2D eigenvalue weighted by atomic mass is 10.3. The lowest BCUT2D eigenvalue weighted by Crippen LogP contribution is -2.38. The fourth-order valence-electron chi connectivity index (χ4n) is 0.867. The Hall–Kier alpha value is -1.82. The number of hydrogen-bond donors (Lipinski definition) is 4. The summed E-state index contributed by atoms with van der Waals surface area (Å²) in [6.07, 6.45) is 0. The quantitative estimate of drug-likeness (QED) is 0.435. The minimum absolute atomic E-state index is 0.0434. The number of carbonyl (C=O) groups is 1. The van der Waals surface area contributed by atoms with E-state index >= 15 is 0 Å². The van der Waals surface area contributed by atoms with Crippen molar-refractivity contribution in [2.45, 2.75) is 0 Å². The third kappa shape index (κ3) is 3.43. The van der Waals surface area contributed by atoms with Gasteiger partial charge >= 0.3 is 6.03 Å². The number of anilines is 1. The van der Waals surface area contributed by atoms with Gasteiger partial charge in [-0.2, -0.15) is 0 Å². The summed E-state index contributed by atoms with van der Waals surface area (Å²) in [6.45, 7) is 0. The van der Waals surface area contributed by atoms with Crippen molar-refractivity contribution >= 4 is 29.3 Å². The van der Waals surface area contributed by atoms with Gasteiger partial charge in [-0.15, -0.1) is 0 Å². The molecule has 0 saturated heterocycles. The van der Waals surface area contributed by atoms with Crippen molar-refractivity contribution in [1.29, 1.82) is 5.41 Å². The molecule has 1 rings (SSSR count). The average Bonchev–Trinajstić information content (AvgIpc) is 2.08. The number of nitrogens with two attached hydrogens (primary N) is 1. The number of guanidine groups is 1. The average molecular weight is 231 g/mol. The van der Waals surface area contributed by atoms with Crippen molar-refractivity contribution in [3.8, 4) is 0 Å². The molecule has 0 unspecified atom stereocenters. The second-order valence-electron chi connectivity index (χ2n) is 2.62. The molecule has 0 bridgehead atoms. The third-order valence-electron chi connectivity index (χ3n) is 1.43. The van der Waals surface area contributed by atoms with E-state index in [2.05, 4.69) is 5.32 Å². The number of halogens is 2. The van der Waals surface area contributed by atoms with Crippen LogP contribution in [0.2, 0.25) is 5.02 Å². The molecule has 1 aromatic carbocycles. The van der Waals surface area contributed by atoms with Gasteiger partial charge in [-0.1, -0.05) is 11.6 Å². The number of nitrogens with one attached hydrogen (secondary N) is 3. The van der Waals surface area contributed by atoms with Gasteiger partial charge < -0.3 is 11.1 Å². The van der Waals surface area contributed by atoms with Crippen molar-refractivity contribution in [1.82, 2.24) is 5.32 Å². The van der Waals surface area contributed by atoms with Gasteiger partial charge in [0.1, 0.15) is 5.82 Å². The minimum atomic E-state index is -0.788. The van der Waals surface area contributed by atoms with Crippen molar-refractivity contribution in [2.75, 3.05) is 5.32 Å². The van der Waals surface area contributed by atoms with Gasteiger partial charge in [0.05, 0.1) is 5.69 Å². The Labute approximate surface area is 89.9 Å². The third-order valence-corrected chi connectivity index (χ3v) is 1.66. The summed E-state index contributed by atoms with van der Waals surface area (Å²) >= 11 is 5.52. The predicted molar refractivity (Wildman–Crippen MR) is 55.5 cm³/mol. The molecule has 0 aliphatic carbocycles. The molecular weight excluding hydrogens is 223 g/mol. The second-order valence-corrected chi connectivity index (χ2v) is 3.05. The van der Waals surface area contributed by atoms with Crippen LogP contribution in [0.5, 0.6) is 0 Å². The minimum Gasteiger partial charge on any atom is -0.370 e. The summed E-state index contributed by atoms with van der Waals surface area (Å²) < 4.78 is 13.1. The zero-order valence-corrected chi connectivity index (χ0v) is 8.23. The van der Waals surface area contributed by atoms with E-state index in [-0.39, 0.29) is 10.7 Å². The molecule has 2 amide bonds. The van der Waals surface area contributed by atoms with Crippen molar-refractivity contribution < 1.29 is 9.18 Å². The molecule has 5 nitrogen and oxygen atoms in total. The molecule has 7 heteroatoms. The maximum atomic E-state index is 13.1. The summed E-state index contributed by atoms with van der Waals surface area (Å²) in [5.41, 5.74) is 4.86. The first-order valence-electron chi connectivity index (χ1n) is 3.86. The van der Waals surface area contributed by atoms with Crippen molar-refractivity contribution in [2.24, 2.45) is 5.73 Å². The number of benzene rings is 1. The number of carbonyl (C=O) groups excluding carboxylic acids is 1. The highest BCUT2D eigenvalue weighted by molar-refractivity contribution is 6.30. The molecule has 0 atom stereocenters. The zero-order chi connectivity index (χ0) is 11.4. The van der Waals surface area contributed by atoms with E-state index in [0.29, 0.717) is 0 Å². The topological polar surface area (TPSA) is 91.0 Å². The van der Waals surface area contributed by atoms with Crippen LogP contribution in [0, 0.1) is 11.2 Å². The molecule has 0 fully saturated rings. The van der Waals surface area contributed by atoms with Crippen molar-refractivity contribution in [3.63, 3.8) is 0 Å². The fraction of sp³-hybridized carbons (Fsp3) is 0. The van der Waals surface area contributed by atoms with E-state index in [9.17, 15) is 9.18 Å². The van der Waals surface area contributed by atoms with Gasteiger partial charge in [0.15, 0.2) is 5.96 Å². The van der Waals surface area contributed by atoms with Gasteiger partial charge in [-0.3, -0.25) is 10.7 Å². The Bertz CT molecular complexity index is 410. The summed E-state index contributed by atoms with van der Waals surface area (Å²) in [4.78, 5) is 11.0. The molecule has 0 saturated carbocycles. The Morgan fingerprint density at radius 2 is 2.20 bits per heavy atom. The predicted octanol–water partition coefficient (Wildman–Crippen LogP) is 1.49. The first-order valence-corrected chi connectivity index (χ1v) is 4.24. The lowest BCUT2D eigenvalue weighted by molar-refractivity contribution is 0.256. The highest BCUT2D eigenvalue weighted by Crippen LogP contribution is 2.18. The number of urea groups is 1. The van der Waals surface area contributed by atoms with Crippen LogP contribution in [0.4, 0.5) is 14.9 Å². The largest absolute Gasteiger partial charge is 0.370 e. The monoisotopic (exact) mass is 230 g/mol. The van der Waals surface area contributed by atoms with Gasteiger partial charge in [0.25, 0.3) is 0 Å². The van der Waals surface area contributed by atoms with Crippen LogP contribution in [-0.2, 0) is 0 Å². The first kappa shape index (κ1) is 11.3. The standard InChI is InChI=1S/C8H8ClFN4O/c9-4-1-2-6(5(10)3-4)13-8(15)14-7(11)12/h1-3H,(H5,11,12,13,14,15). The second kappa shape index (κ2) is 4.61. The molecule has 5 N–H and O–H groups in total. The van der Waals surface area contributed by atoms with Crippen LogP contribution in [-0.4, -0.2) is 12.0 Å². The number of amides is 2. The molecule has 0 aliphatic rings. The Balaban J connectivity index is 2.72. The van der Waals surface area contributed by atoms with Gasteiger partial charge in [0, 0.05) is 5.02 Å². The molecule has 15 heavy (non-hydrogen) atoms. The highest BCUT2D eigenvalue weighted by Gasteiger charge is 2.07. The summed E-state index contributed by atoms with van der Waals surface area (Å²) in [7, 11) is 0. The Morgan fingerprint density at radius 1 is 1.53 bits per heavy atom. The maximum absolute atomic E-state index is 13.1. The van der Waals surface area contributed by atoms with Crippen molar-refractivity contribution in [3.05, 3.63) is 29.0 Å². The molecule has 80 valence electrons. The summed E-state index contributed by atoms with van der Waals surface area (Å²) in [5, 5.41) is 11.1. The molecular formula is C8H8ClFN4O. The van der Waals surface area contributed by atoms with Crippen LogP contribution in [0.25, 0.3) is 0 Å². The van der Waals surface area contributed by atoms with E-state index < -0.39 is 17.8 Å². The van der Waals surface area contributed by atoms with Gasteiger partial charge in [0.2, 0.25) is 0 Å². The van der Waals surface area contributed by atoms with Crippen LogP contribution in [0.1, 0.15) is 0 Å². The normalized spacial score (nSPS) is 9.47. The fourth-order valence-corrected chi connectivity index (χ4v) is 1.03. The van der Waals surface area contributed by atoms with Crippen LogP contribution < -0.4 is 16.4 Å². The maximum Gasteiger partial charge on any atom is 0.326 e. The van der Waals surface area contributed by atoms with Gasteiger partial charge in [-0.25, -0.2) is 9.18 Å². The van der Waals surface area contributed by atoms with E-state index in [0.717, 1.165) is 6.07 Å².